The topological polar surface area (TPSA) is 41.6 Å². The molecule has 1 spiro atoms. The van der Waals surface area contributed by atoms with Gasteiger partial charge in [0.05, 0.1) is 0 Å². The number of ether oxygens (including phenoxy) is 1. The first-order valence-corrected chi connectivity index (χ1v) is 14.3. The van der Waals surface area contributed by atoms with E-state index in [-0.39, 0.29) is 5.91 Å². The molecule has 3 aromatic carbocycles. The normalized spacial score (nSPS) is 18.7. The van der Waals surface area contributed by atoms with Gasteiger partial charge in [-0.3, -0.25) is 9.69 Å². The second-order valence-corrected chi connectivity index (χ2v) is 11.3. The first-order valence-electron chi connectivity index (χ1n) is 13.1. The van der Waals surface area contributed by atoms with Gasteiger partial charge in [0.25, 0.3) is 5.91 Å². The molecule has 1 atom stereocenters. The highest BCUT2D eigenvalue weighted by molar-refractivity contribution is 9.10. The van der Waals surface area contributed by atoms with Gasteiger partial charge in [-0.15, -0.1) is 6.58 Å². The van der Waals surface area contributed by atoms with Gasteiger partial charge in [0.1, 0.15) is 17.0 Å². The van der Waals surface area contributed by atoms with Crippen LogP contribution in [0.5, 0.6) is 5.75 Å². The van der Waals surface area contributed by atoms with Crippen LogP contribution in [0.3, 0.4) is 0 Å². The molecule has 0 radical (unpaired) electrons. The van der Waals surface area contributed by atoms with Crippen LogP contribution in [0.4, 0.5) is 0 Å². The number of fused-ring (bicyclic) bond motifs is 7. The van der Waals surface area contributed by atoms with Crippen molar-refractivity contribution in [1.82, 2.24) is 10.2 Å². The maximum absolute atomic E-state index is 14.2. The van der Waals surface area contributed by atoms with E-state index in [0.29, 0.717) is 29.6 Å². The van der Waals surface area contributed by atoms with Gasteiger partial charge in [0, 0.05) is 39.7 Å². The summed E-state index contributed by atoms with van der Waals surface area (Å²) in [6.07, 6.45) is 4.50. The number of rotatable bonds is 5. The Morgan fingerprint density at radius 1 is 1.13 bits per heavy atom. The summed E-state index contributed by atoms with van der Waals surface area (Å²) in [4.78, 5) is 16.0. The molecule has 0 saturated heterocycles. The van der Waals surface area contributed by atoms with Crippen molar-refractivity contribution in [3.63, 3.8) is 0 Å². The number of thiocarbonyl (C=S) groups is 1. The number of hydrogen-bond acceptors (Lipinski definition) is 3. The molecule has 38 heavy (non-hydrogen) atoms. The van der Waals surface area contributed by atoms with E-state index >= 15 is 0 Å². The van der Waals surface area contributed by atoms with E-state index in [0.717, 1.165) is 51.1 Å². The lowest BCUT2D eigenvalue weighted by atomic mass is 9.73. The van der Waals surface area contributed by atoms with E-state index in [1.54, 1.807) is 11.0 Å². The van der Waals surface area contributed by atoms with Crippen LogP contribution in [0.1, 0.15) is 70.8 Å². The lowest BCUT2D eigenvalue weighted by Crippen LogP contribution is -2.54. The fourth-order valence-corrected chi connectivity index (χ4v) is 7.12. The zero-order valence-electron chi connectivity index (χ0n) is 21.5. The molecule has 0 saturated carbocycles. The summed E-state index contributed by atoms with van der Waals surface area (Å²) >= 11 is 9.58. The lowest BCUT2D eigenvalue weighted by molar-refractivity contribution is 0.0801. The van der Waals surface area contributed by atoms with E-state index in [1.165, 1.54) is 11.1 Å². The Hall–Kier alpha value is -3.22. The van der Waals surface area contributed by atoms with Crippen molar-refractivity contribution in [2.24, 2.45) is 0 Å². The standard InChI is InChI=1S/C32H29BrN2O2S/c1-4-15-34-31(38)35-30(36)24-9-7-8-10-25(24)32(35)26-14-11-20(19(5-2)6-3)18-28(26)37-29-23-13-12-22(33)16-21(23)17-27(29)32/h4,7-14,16,18-19H,1,5-6,15,17H2,2-3H3,(H,34,38). The average molecular weight is 586 g/mol. The second kappa shape index (κ2) is 9.51. The minimum absolute atomic E-state index is 0.108. The van der Waals surface area contributed by atoms with Crippen molar-refractivity contribution < 1.29 is 9.53 Å². The predicted octanol–water partition coefficient (Wildman–Crippen LogP) is 7.47. The molecule has 6 rings (SSSR count). The Morgan fingerprint density at radius 3 is 2.68 bits per heavy atom. The van der Waals surface area contributed by atoms with E-state index in [1.807, 2.05) is 24.3 Å². The monoisotopic (exact) mass is 584 g/mol. The summed E-state index contributed by atoms with van der Waals surface area (Å²) in [5, 5.41) is 3.63. The van der Waals surface area contributed by atoms with Gasteiger partial charge in [0.2, 0.25) is 0 Å². The Labute approximate surface area is 237 Å². The van der Waals surface area contributed by atoms with Crippen molar-refractivity contribution in [3.05, 3.63) is 117 Å². The van der Waals surface area contributed by atoms with Crippen molar-refractivity contribution in [2.75, 3.05) is 6.54 Å². The number of hydrogen-bond donors (Lipinski definition) is 1. The smallest absolute Gasteiger partial charge is 0.261 e. The van der Waals surface area contributed by atoms with Crippen LogP contribution in [0, 0.1) is 0 Å². The Balaban J connectivity index is 1.67. The molecule has 0 fully saturated rings. The number of nitrogens with zero attached hydrogens (tertiary/aromatic N) is 1. The largest absolute Gasteiger partial charge is 0.456 e. The maximum atomic E-state index is 14.2. The van der Waals surface area contributed by atoms with Crippen LogP contribution in [-0.4, -0.2) is 22.5 Å². The molecule has 2 heterocycles. The molecule has 3 aromatic rings. The average Bonchev–Trinajstić information content (AvgIpc) is 3.41. The lowest BCUT2D eigenvalue weighted by Gasteiger charge is -2.44. The van der Waals surface area contributed by atoms with Crippen LogP contribution in [0.2, 0.25) is 0 Å². The second-order valence-electron chi connectivity index (χ2n) is 10.0. The molecule has 6 heteroatoms. The SMILES string of the molecule is C=CCNC(=S)N1C(=O)c2ccccc2C12C1=C(Oc3cc(C(CC)CC)ccc32)c2ccc(Br)cc2C1. The van der Waals surface area contributed by atoms with E-state index in [2.05, 4.69) is 78.1 Å². The highest BCUT2D eigenvalue weighted by atomic mass is 79.9. The number of carbonyl (C=O) groups excluding carboxylic acids is 1. The summed E-state index contributed by atoms with van der Waals surface area (Å²) in [6, 6.07) is 20.7. The van der Waals surface area contributed by atoms with Gasteiger partial charge in [-0.05, 0) is 78.0 Å². The number of halogens is 1. The predicted molar refractivity (Wildman–Crippen MR) is 159 cm³/mol. The molecule has 0 aromatic heterocycles. The Kier molecular flexibility index (Phi) is 6.28. The van der Waals surface area contributed by atoms with Gasteiger partial charge in [-0.1, -0.05) is 66.2 Å². The summed E-state index contributed by atoms with van der Waals surface area (Å²) < 4.78 is 7.81. The highest BCUT2D eigenvalue weighted by Crippen LogP contribution is 2.59. The van der Waals surface area contributed by atoms with E-state index in [4.69, 9.17) is 17.0 Å². The highest BCUT2D eigenvalue weighted by Gasteiger charge is 2.59. The van der Waals surface area contributed by atoms with Crippen LogP contribution < -0.4 is 10.1 Å². The number of benzene rings is 3. The fraction of sp³-hybridized carbons (Fsp3) is 0.250. The van der Waals surface area contributed by atoms with Crippen molar-refractivity contribution in [2.45, 2.75) is 44.6 Å². The third-order valence-electron chi connectivity index (χ3n) is 8.14. The fourth-order valence-electron chi connectivity index (χ4n) is 6.41. The summed E-state index contributed by atoms with van der Waals surface area (Å²) in [7, 11) is 0. The van der Waals surface area contributed by atoms with Crippen molar-refractivity contribution >= 4 is 44.9 Å². The van der Waals surface area contributed by atoms with Crippen molar-refractivity contribution in [1.29, 1.82) is 0 Å². The van der Waals surface area contributed by atoms with Crippen LogP contribution in [-0.2, 0) is 12.0 Å². The molecule has 1 amide bonds. The van der Waals surface area contributed by atoms with E-state index < -0.39 is 5.54 Å². The molecule has 192 valence electrons. The third-order valence-corrected chi connectivity index (χ3v) is 8.96. The van der Waals surface area contributed by atoms with Gasteiger partial charge in [0.15, 0.2) is 5.11 Å². The number of carbonyl (C=O) groups is 1. The van der Waals surface area contributed by atoms with Gasteiger partial charge in [-0.2, -0.15) is 0 Å². The zero-order valence-corrected chi connectivity index (χ0v) is 23.9. The van der Waals surface area contributed by atoms with Gasteiger partial charge in [-0.25, -0.2) is 0 Å². The maximum Gasteiger partial charge on any atom is 0.261 e. The van der Waals surface area contributed by atoms with Gasteiger partial charge < -0.3 is 10.1 Å². The quantitative estimate of drug-likeness (QED) is 0.249. The molecule has 1 unspecified atom stereocenters. The Bertz CT molecular complexity index is 1540. The number of nitrogens with one attached hydrogen (secondary N) is 1. The molecule has 3 aliphatic rings. The van der Waals surface area contributed by atoms with Crippen LogP contribution >= 0.6 is 28.1 Å². The molecule has 1 aliphatic carbocycles. The first-order chi connectivity index (χ1) is 18.4. The van der Waals surface area contributed by atoms with Gasteiger partial charge >= 0.3 is 0 Å². The summed E-state index contributed by atoms with van der Waals surface area (Å²) in [6.45, 7) is 8.74. The molecule has 1 N–H and O–H groups in total. The van der Waals surface area contributed by atoms with Crippen molar-refractivity contribution in [3.8, 4) is 5.75 Å². The molecule has 2 aliphatic heterocycles. The van der Waals surface area contributed by atoms with Crippen LogP contribution in [0.15, 0.2) is 83.4 Å². The third kappa shape index (κ3) is 3.46. The van der Waals surface area contributed by atoms with Crippen LogP contribution in [0.25, 0.3) is 5.76 Å². The first kappa shape index (κ1) is 25.1. The minimum Gasteiger partial charge on any atom is -0.456 e. The zero-order chi connectivity index (χ0) is 26.6. The Morgan fingerprint density at radius 2 is 1.92 bits per heavy atom. The number of amides is 1. The summed E-state index contributed by atoms with van der Waals surface area (Å²) in [5.41, 5.74) is 6.14. The molecular formula is C32H29BrN2O2S. The molecule has 4 nitrogen and oxygen atoms in total. The molecular weight excluding hydrogens is 556 g/mol. The minimum atomic E-state index is -0.917. The summed E-state index contributed by atoms with van der Waals surface area (Å²) in [5.74, 6) is 1.93. The molecule has 0 bridgehead atoms. The van der Waals surface area contributed by atoms with E-state index in [9.17, 15) is 4.79 Å².